The van der Waals surface area contributed by atoms with Gasteiger partial charge in [-0.05, 0) is 63.1 Å². The van der Waals surface area contributed by atoms with E-state index in [2.05, 4.69) is 5.32 Å². The summed E-state index contributed by atoms with van der Waals surface area (Å²) in [4.78, 5) is 28.7. The van der Waals surface area contributed by atoms with Gasteiger partial charge in [-0.15, -0.1) is 0 Å². The van der Waals surface area contributed by atoms with E-state index in [1.165, 1.54) is 23.1 Å². The third-order valence-corrected chi connectivity index (χ3v) is 7.53. The number of amides is 2. The van der Waals surface area contributed by atoms with Crippen LogP contribution in [0.4, 0.5) is 14.5 Å². The fourth-order valence-electron chi connectivity index (χ4n) is 4.43. The molecule has 0 saturated heterocycles. The first kappa shape index (κ1) is 31.7. The molecule has 0 fully saturated rings. The molecule has 3 aromatic carbocycles. The Morgan fingerprint density at radius 3 is 2.10 bits per heavy atom. The quantitative estimate of drug-likeness (QED) is 0.322. The Hall–Kier alpha value is -3.79. The number of carbonyl (C=O) groups is 2. The molecule has 41 heavy (non-hydrogen) atoms. The normalized spacial score (nSPS) is 12.4. The first-order chi connectivity index (χ1) is 19.2. The average Bonchev–Trinajstić information content (AvgIpc) is 2.89. The molecule has 0 saturated carbocycles. The Morgan fingerprint density at radius 2 is 1.51 bits per heavy atom. The van der Waals surface area contributed by atoms with Crippen molar-refractivity contribution in [2.45, 2.75) is 58.2 Å². The molecule has 0 aliphatic rings. The highest BCUT2D eigenvalue weighted by Crippen LogP contribution is 2.21. The zero-order chi connectivity index (χ0) is 30.2. The molecule has 0 bridgehead atoms. The number of nitrogens with zero attached hydrogens (tertiary/aromatic N) is 2. The molecule has 0 heterocycles. The molecule has 1 atom stereocenters. The van der Waals surface area contributed by atoms with Crippen LogP contribution in [0.15, 0.2) is 78.9 Å². The van der Waals surface area contributed by atoms with Gasteiger partial charge in [-0.2, -0.15) is 0 Å². The summed E-state index contributed by atoms with van der Waals surface area (Å²) < 4.78 is 54.2. The summed E-state index contributed by atoms with van der Waals surface area (Å²) in [5, 5.41) is 2.95. The Bertz CT molecular complexity index is 1430. The zero-order valence-electron chi connectivity index (χ0n) is 23.8. The van der Waals surface area contributed by atoms with E-state index >= 15 is 0 Å². The summed E-state index contributed by atoms with van der Waals surface area (Å²) in [5.41, 5.74) is 0.777. The first-order valence-corrected chi connectivity index (χ1v) is 15.2. The third-order valence-electron chi connectivity index (χ3n) is 6.33. The Kier molecular flexibility index (Phi) is 10.6. The van der Waals surface area contributed by atoms with Crippen LogP contribution < -0.4 is 9.62 Å². The number of carbonyl (C=O) groups excluding carboxylic acids is 2. The van der Waals surface area contributed by atoms with Crippen LogP contribution in [-0.4, -0.2) is 49.5 Å². The second-order valence-electron chi connectivity index (χ2n) is 11.0. The van der Waals surface area contributed by atoms with Gasteiger partial charge in [0.2, 0.25) is 21.8 Å². The average molecular weight is 586 g/mol. The molecule has 0 aromatic heterocycles. The maximum absolute atomic E-state index is 14.7. The van der Waals surface area contributed by atoms with Gasteiger partial charge in [0.1, 0.15) is 17.7 Å². The van der Waals surface area contributed by atoms with E-state index in [-0.39, 0.29) is 49.5 Å². The standard InChI is InChI=1S/C31H37F2N3O4S/c1-31(2,3)34-30(38)28(21-23-11-6-5-7-12-23)35(22-24-13-8-9-14-27(24)33)29(37)15-10-20-36(41(4,39)40)26-18-16-25(32)17-19-26/h5-9,11-14,16-19,28H,10,15,20-22H2,1-4H3,(H,34,38)/t28-/m0/s1. The molecule has 3 aromatic rings. The number of hydrogen-bond donors (Lipinski definition) is 1. The summed E-state index contributed by atoms with van der Waals surface area (Å²) in [5.74, 6) is -1.81. The predicted molar refractivity (Wildman–Crippen MR) is 157 cm³/mol. The van der Waals surface area contributed by atoms with E-state index < -0.39 is 39.1 Å². The smallest absolute Gasteiger partial charge is 0.243 e. The van der Waals surface area contributed by atoms with Crippen molar-refractivity contribution in [1.29, 1.82) is 0 Å². The summed E-state index contributed by atoms with van der Waals surface area (Å²) in [6, 6.07) is 19.4. The van der Waals surface area contributed by atoms with Crippen LogP contribution in [0, 0.1) is 11.6 Å². The minimum atomic E-state index is -3.72. The third kappa shape index (κ3) is 9.67. The highest BCUT2D eigenvalue weighted by atomic mass is 32.2. The Labute approximate surface area is 241 Å². The van der Waals surface area contributed by atoms with E-state index in [0.29, 0.717) is 0 Å². The van der Waals surface area contributed by atoms with Crippen LogP contribution >= 0.6 is 0 Å². The molecule has 1 N–H and O–H groups in total. The number of hydrogen-bond acceptors (Lipinski definition) is 4. The zero-order valence-corrected chi connectivity index (χ0v) is 24.6. The Morgan fingerprint density at radius 1 is 0.902 bits per heavy atom. The van der Waals surface area contributed by atoms with E-state index in [4.69, 9.17) is 0 Å². The van der Waals surface area contributed by atoms with Crippen LogP contribution in [-0.2, 0) is 32.6 Å². The van der Waals surface area contributed by atoms with Gasteiger partial charge in [-0.1, -0.05) is 48.5 Å². The highest BCUT2D eigenvalue weighted by molar-refractivity contribution is 7.92. The number of sulfonamides is 1. The van der Waals surface area contributed by atoms with Gasteiger partial charge < -0.3 is 10.2 Å². The van der Waals surface area contributed by atoms with Gasteiger partial charge in [0.15, 0.2) is 0 Å². The monoisotopic (exact) mass is 585 g/mol. The first-order valence-electron chi connectivity index (χ1n) is 13.4. The van der Waals surface area contributed by atoms with Crippen LogP contribution in [0.1, 0.15) is 44.7 Å². The van der Waals surface area contributed by atoms with Crippen molar-refractivity contribution in [2.24, 2.45) is 0 Å². The molecule has 3 rings (SSSR count). The minimum absolute atomic E-state index is 0.0404. The number of halogens is 2. The maximum atomic E-state index is 14.7. The van der Waals surface area contributed by atoms with Crippen molar-refractivity contribution >= 4 is 27.5 Å². The molecule has 220 valence electrons. The molecule has 0 aliphatic carbocycles. The van der Waals surface area contributed by atoms with Gasteiger partial charge in [0.05, 0.1) is 11.9 Å². The van der Waals surface area contributed by atoms with Gasteiger partial charge in [-0.25, -0.2) is 17.2 Å². The molecule has 7 nitrogen and oxygen atoms in total. The molecular weight excluding hydrogens is 548 g/mol. The van der Waals surface area contributed by atoms with E-state index in [9.17, 15) is 26.8 Å². The van der Waals surface area contributed by atoms with Crippen molar-refractivity contribution in [3.8, 4) is 0 Å². The van der Waals surface area contributed by atoms with Crippen LogP contribution in [0.5, 0.6) is 0 Å². The lowest BCUT2D eigenvalue weighted by Crippen LogP contribution is -2.54. The molecular formula is C31H37F2N3O4S. The molecule has 10 heteroatoms. The van der Waals surface area contributed by atoms with Gasteiger partial charge in [0.25, 0.3) is 0 Å². The number of benzene rings is 3. The van der Waals surface area contributed by atoms with Crippen LogP contribution in [0.25, 0.3) is 0 Å². The SMILES string of the molecule is CC(C)(C)NC(=O)[C@H](Cc1ccccc1)N(Cc1ccccc1F)C(=O)CCCN(c1ccc(F)cc1)S(C)(=O)=O. The topological polar surface area (TPSA) is 86.8 Å². The number of anilines is 1. The second-order valence-corrected chi connectivity index (χ2v) is 12.9. The van der Waals surface area contributed by atoms with Crippen molar-refractivity contribution < 1.29 is 26.8 Å². The molecule has 2 amide bonds. The van der Waals surface area contributed by atoms with Crippen molar-refractivity contribution in [1.82, 2.24) is 10.2 Å². The number of rotatable bonds is 12. The minimum Gasteiger partial charge on any atom is -0.350 e. The van der Waals surface area contributed by atoms with Crippen LogP contribution in [0.3, 0.4) is 0 Å². The summed E-state index contributed by atoms with van der Waals surface area (Å²) in [6.07, 6.45) is 1.26. The maximum Gasteiger partial charge on any atom is 0.243 e. The van der Waals surface area contributed by atoms with Crippen molar-refractivity contribution in [2.75, 3.05) is 17.1 Å². The Balaban J connectivity index is 1.91. The van der Waals surface area contributed by atoms with Gasteiger partial charge in [0, 0.05) is 37.0 Å². The lowest BCUT2D eigenvalue weighted by atomic mass is 10.00. The van der Waals surface area contributed by atoms with Crippen molar-refractivity contribution in [3.05, 3.63) is 102 Å². The largest absolute Gasteiger partial charge is 0.350 e. The molecule has 0 radical (unpaired) electrons. The molecule has 0 unspecified atom stereocenters. The number of nitrogens with one attached hydrogen (secondary N) is 1. The van der Waals surface area contributed by atoms with E-state index in [1.54, 1.807) is 18.2 Å². The predicted octanol–water partition coefficient (Wildman–Crippen LogP) is 5.07. The van der Waals surface area contributed by atoms with Crippen LogP contribution in [0.2, 0.25) is 0 Å². The van der Waals surface area contributed by atoms with Crippen molar-refractivity contribution in [3.63, 3.8) is 0 Å². The van der Waals surface area contributed by atoms with Gasteiger partial charge >= 0.3 is 0 Å². The summed E-state index contributed by atoms with van der Waals surface area (Å²) >= 11 is 0. The highest BCUT2D eigenvalue weighted by Gasteiger charge is 2.32. The lowest BCUT2D eigenvalue weighted by Gasteiger charge is -2.34. The molecule has 0 spiro atoms. The summed E-state index contributed by atoms with van der Waals surface area (Å²) in [7, 11) is -3.72. The fraction of sp³-hybridized carbons (Fsp3) is 0.355. The van der Waals surface area contributed by atoms with Gasteiger partial charge in [-0.3, -0.25) is 13.9 Å². The summed E-state index contributed by atoms with van der Waals surface area (Å²) in [6.45, 7) is 5.32. The van der Waals surface area contributed by atoms with E-state index in [0.717, 1.165) is 28.3 Å². The molecule has 0 aliphatic heterocycles. The fourth-order valence-corrected chi connectivity index (χ4v) is 5.39. The lowest BCUT2D eigenvalue weighted by molar-refractivity contribution is -0.142. The van der Waals surface area contributed by atoms with E-state index in [1.807, 2.05) is 51.1 Å². The second kappa shape index (κ2) is 13.7.